The van der Waals surface area contributed by atoms with E-state index in [9.17, 15) is 4.79 Å². The minimum Gasteiger partial charge on any atom is -0.361 e. The molecule has 102 valence electrons. The van der Waals surface area contributed by atoms with E-state index in [1.165, 1.54) is 12.8 Å². The molecule has 0 unspecified atom stereocenters. The normalized spacial score (nSPS) is 18.2. The van der Waals surface area contributed by atoms with E-state index in [1.807, 2.05) is 0 Å². The Kier molecular flexibility index (Phi) is 3.55. The van der Waals surface area contributed by atoms with E-state index in [1.54, 1.807) is 6.07 Å². The number of aromatic nitrogens is 2. The highest BCUT2D eigenvalue weighted by Gasteiger charge is 2.27. The van der Waals surface area contributed by atoms with Gasteiger partial charge in [0, 0.05) is 18.5 Å². The minimum atomic E-state index is -0.00499. The highest BCUT2D eigenvalue weighted by Crippen LogP contribution is 2.38. The van der Waals surface area contributed by atoms with Crippen LogP contribution in [0.15, 0.2) is 6.07 Å². The summed E-state index contributed by atoms with van der Waals surface area (Å²) < 4.78 is 0. The summed E-state index contributed by atoms with van der Waals surface area (Å²) in [5.41, 5.74) is 0. The van der Waals surface area contributed by atoms with Gasteiger partial charge in [-0.2, -0.15) is 0 Å². The molecule has 0 bridgehead atoms. The molecule has 2 fully saturated rings. The largest absolute Gasteiger partial charge is 0.361 e. The number of hydrogen-bond donors (Lipinski definition) is 2. The van der Waals surface area contributed by atoms with Crippen molar-refractivity contribution in [3.05, 3.63) is 17.0 Å². The molecule has 1 aromatic rings. The van der Waals surface area contributed by atoms with Crippen molar-refractivity contribution in [3.8, 4) is 0 Å². The summed E-state index contributed by atoms with van der Waals surface area (Å²) in [5, 5.41) is 6.33. The van der Waals surface area contributed by atoms with E-state index in [2.05, 4.69) is 20.6 Å². The molecule has 0 radical (unpaired) electrons. The molecule has 2 aliphatic rings. The second kappa shape index (κ2) is 5.33. The van der Waals surface area contributed by atoms with Crippen molar-refractivity contribution in [3.63, 3.8) is 0 Å². The number of nitrogens with one attached hydrogen (secondary N) is 2. The summed E-state index contributed by atoms with van der Waals surface area (Å²) in [5.74, 6) is 2.55. The second-order valence-electron chi connectivity index (χ2n) is 5.31. The Morgan fingerprint density at radius 3 is 2.79 bits per heavy atom. The van der Waals surface area contributed by atoms with Gasteiger partial charge >= 0.3 is 0 Å². The first-order valence-corrected chi connectivity index (χ1v) is 7.13. The van der Waals surface area contributed by atoms with Crippen LogP contribution in [0, 0.1) is 5.92 Å². The van der Waals surface area contributed by atoms with E-state index < -0.39 is 0 Å². The van der Waals surface area contributed by atoms with Crippen LogP contribution in [0.2, 0.25) is 5.15 Å². The number of rotatable bonds is 6. The number of halogens is 1. The van der Waals surface area contributed by atoms with Crippen LogP contribution in [0.25, 0.3) is 0 Å². The van der Waals surface area contributed by atoms with Crippen LogP contribution in [0.4, 0.5) is 5.82 Å². The van der Waals surface area contributed by atoms with Crippen molar-refractivity contribution in [2.45, 2.75) is 31.6 Å². The molecule has 0 spiro atoms. The quantitative estimate of drug-likeness (QED) is 0.782. The fourth-order valence-corrected chi connectivity index (χ4v) is 2.05. The molecule has 2 aliphatic carbocycles. The molecule has 1 amide bonds. The predicted octanol–water partition coefficient (Wildman–Crippen LogP) is 1.95. The first kappa shape index (κ1) is 12.7. The maximum absolute atomic E-state index is 11.6. The van der Waals surface area contributed by atoms with Crippen LogP contribution in [-0.4, -0.2) is 29.0 Å². The monoisotopic (exact) mass is 280 g/mol. The Hall–Kier alpha value is -1.36. The Morgan fingerprint density at radius 1 is 1.32 bits per heavy atom. The van der Waals surface area contributed by atoms with Gasteiger partial charge in [-0.3, -0.25) is 4.79 Å². The molecule has 19 heavy (non-hydrogen) atoms. The van der Waals surface area contributed by atoms with Gasteiger partial charge in [-0.25, -0.2) is 9.97 Å². The summed E-state index contributed by atoms with van der Waals surface area (Å²) in [4.78, 5) is 20.2. The van der Waals surface area contributed by atoms with Crippen molar-refractivity contribution in [2.75, 3.05) is 18.4 Å². The molecule has 2 N–H and O–H groups in total. The topological polar surface area (TPSA) is 66.9 Å². The zero-order chi connectivity index (χ0) is 13.2. The molecular weight excluding hydrogens is 264 g/mol. The SMILES string of the molecule is O=C(CNc1cc(Cl)nc(C2CC2)n1)NCC1CC1. The average molecular weight is 281 g/mol. The summed E-state index contributed by atoms with van der Waals surface area (Å²) >= 11 is 5.96. The van der Waals surface area contributed by atoms with Gasteiger partial charge in [0.2, 0.25) is 5.91 Å². The van der Waals surface area contributed by atoms with Gasteiger partial charge in [0.05, 0.1) is 6.54 Å². The minimum absolute atomic E-state index is 0.00499. The Balaban J connectivity index is 1.51. The molecule has 1 aromatic heterocycles. The smallest absolute Gasteiger partial charge is 0.239 e. The summed E-state index contributed by atoms with van der Waals surface area (Å²) in [7, 11) is 0. The van der Waals surface area contributed by atoms with E-state index in [0.717, 1.165) is 25.2 Å². The third-order valence-corrected chi connectivity index (χ3v) is 3.56. The first-order chi connectivity index (χ1) is 9.20. The molecule has 5 nitrogen and oxygen atoms in total. The maximum atomic E-state index is 11.6. The number of hydrogen-bond acceptors (Lipinski definition) is 4. The fraction of sp³-hybridized carbons (Fsp3) is 0.615. The van der Waals surface area contributed by atoms with Crippen molar-refractivity contribution in [2.24, 2.45) is 5.92 Å². The molecule has 1 heterocycles. The lowest BCUT2D eigenvalue weighted by atomic mass is 10.4. The van der Waals surface area contributed by atoms with Crippen molar-refractivity contribution in [1.29, 1.82) is 0 Å². The molecule has 0 aromatic carbocycles. The van der Waals surface area contributed by atoms with E-state index in [4.69, 9.17) is 11.6 Å². The number of anilines is 1. The van der Waals surface area contributed by atoms with Gasteiger partial charge in [0.1, 0.15) is 16.8 Å². The van der Waals surface area contributed by atoms with E-state index >= 15 is 0 Å². The molecule has 6 heteroatoms. The fourth-order valence-electron chi connectivity index (χ4n) is 1.86. The van der Waals surface area contributed by atoms with Crippen LogP contribution >= 0.6 is 11.6 Å². The third-order valence-electron chi connectivity index (χ3n) is 3.37. The van der Waals surface area contributed by atoms with E-state index in [0.29, 0.717) is 22.8 Å². The molecule has 0 aliphatic heterocycles. The number of carbonyl (C=O) groups is 1. The van der Waals surface area contributed by atoms with Gasteiger partial charge in [0.15, 0.2) is 0 Å². The highest BCUT2D eigenvalue weighted by molar-refractivity contribution is 6.29. The summed E-state index contributed by atoms with van der Waals surface area (Å²) in [6, 6.07) is 1.65. The molecule has 3 rings (SSSR count). The number of amides is 1. The van der Waals surface area contributed by atoms with Crippen LogP contribution in [0.3, 0.4) is 0 Å². The standard InChI is InChI=1S/C13H17ClN4O/c14-10-5-11(18-13(17-10)9-3-4-9)15-7-12(19)16-6-8-1-2-8/h5,8-9H,1-4,6-7H2,(H,16,19)(H,15,17,18). The van der Waals surface area contributed by atoms with Gasteiger partial charge in [0.25, 0.3) is 0 Å². The third kappa shape index (κ3) is 3.80. The van der Waals surface area contributed by atoms with Crippen LogP contribution in [-0.2, 0) is 4.79 Å². The Bertz CT molecular complexity index is 486. The van der Waals surface area contributed by atoms with E-state index in [-0.39, 0.29) is 12.5 Å². The number of carbonyl (C=O) groups excluding carboxylic acids is 1. The van der Waals surface area contributed by atoms with Gasteiger partial charge in [-0.1, -0.05) is 11.6 Å². The molecule has 0 saturated heterocycles. The maximum Gasteiger partial charge on any atom is 0.239 e. The first-order valence-electron chi connectivity index (χ1n) is 6.76. The molecular formula is C13H17ClN4O. The Labute approximate surface area is 117 Å². The van der Waals surface area contributed by atoms with Crippen molar-refractivity contribution < 1.29 is 4.79 Å². The van der Waals surface area contributed by atoms with Gasteiger partial charge < -0.3 is 10.6 Å². The van der Waals surface area contributed by atoms with Crippen LogP contribution in [0.5, 0.6) is 0 Å². The lowest BCUT2D eigenvalue weighted by Crippen LogP contribution is -2.31. The lowest BCUT2D eigenvalue weighted by Gasteiger charge is -2.08. The predicted molar refractivity (Wildman–Crippen MR) is 73.2 cm³/mol. The van der Waals surface area contributed by atoms with Gasteiger partial charge in [-0.05, 0) is 31.6 Å². The highest BCUT2D eigenvalue weighted by atomic mass is 35.5. The molecule has 0 atom stereocenters. The summed E-state index contributed by atoms with van der Waals surface area (Å²) in [6.07, 6.45) is 4.73. The lowest BCUT2D eigenvalue weighted by molar-refractivity contribution is -0.119. The van der Waals surface area contributed by atoms with Crippen molar-refractivity contribution in [1.82, 2.24) is 15.3 Å². The van der Waals surface area contributed by atoms with Crippen LogP contribution < -0.4 is 10.6 Å². The number of nitrogens with zero attached hydrogens (tertiary/aromatic N) is 2. The zero-order valence-corrected chi connectivity index (χ0v) is 11.4. The Morgan fingerprint density at radius 2 is 2.11 bits per heavy atom. The molecule has 2 saturated carbocycles. The summed E-state index contributed by atoms with van der Waals surface area (Å²) in [6.45, 7) is 1.02. The van der Waals surface area contributed by atoms with Crippen molar-refractivity contribution >= 4 is 23.3 Å². The second-order valence-corrected chi connectivity index (χ2v) is 5.70. The average Bonchev–Trinajstić information content (AvgIpc) is 3.27. The zero-order valence-electron chi connectivity index (χ0n) is 10.7. The van der Waals surface area contributed by atoms with Crippen LogP contribution in [0.1, 0.15) is 37.4 Å². The van der Waals surface area contributed by atoms with Gasteiger partial charge in [-0.15, -0.1) is 0 Å².